The van der Waals surface area contributed by atoms with Crippen LogP contribution in [0, 0.1) is 0 Å². The van der Waals surface area contributed by atoms with Crippen LogP contribution in [-0.4, -0.2) is 37.2 Å². The highest BCUT2D eigenvalue weighted by atomic mass is 16.6. The van der Waals surface area contributed by atoms with Gasteiger partial charge in [-0.25, -0.2) is 0 Å². The van der Waals surface area contributed by atoms with Gasteiger partial charge in [0.2, 0.25) is 0 Å². The molecule has 0 N–H and O–H groups in total. The summed E-state index contributed by atoms with van der Waals surface area (Å²) in [6, 6.07) is 0. The third kappa shape index (κ3) is 67.0. The second kappa shape index (κ2) is 68.8. The fourth-order valence-corrected chi connectivity index (χ4v) is 9.88. The molecule has 6 nitrogen and oxygen atoms in total. The highest BCUT2D eigenvalue weighted by Gasteiger charge is 2.19. The zero-order valence-electron chi connectivity index (χ0n) is 53.5. The maximum Gasteiger partial charge on any atom is 0.306 e. The van der Waals surface area contributed by atoms with E-state index in [2.05, 4.69) is 118 Å². The maximum atomic E-state index is 12.9. The Morgan fingerprint density at radius 3 is 0.815 bits per heavy atom. The maximum absolute atomic E-state index is 12.9. The Kier molecular flexibility index (Phi) is 65.7. The van der Waals surface area contributed by atoms with Crippen molar-refractivity contribution in [1.29, 1.82) is 0 Å². The summed E-state index contributed by atoms with van der Waals surface area (Å²) in [6.45, 7) is 6.48. The van der Waals surface area contributed by atoms with Crippen LogP contribution in [0.3, 0.4) is 0 Å². The van der Waals surface area contributed by atoms with Crippen molar-refractivity contribution in [3.63, 3.8) is 0 Å². The minimum Gasteiger partial charge on any atom is -0.462 e. The summed E-state index contributed by atoms with van der Waals surface area (Å²) in [5, 5.41) is 0. The Bertz CT molecular complexity index is 1580. The van der Waals surface area contributed by atoms with Crippen LogP contribution in [-0.2, 0) is 28.6 Å². The summed E-state index contributed by atoms with van der Waals surface area (Å²) in [6.07, 6.45) is 93.0. The van der Waals surface area contributed by atoms with Gasteiger partial charge in [-0.15, -0.1) is 0 Å². The van der Waals surface area contributed by atoms with Gasteiger partial charge in [0, 0.05) is 19.3 Å². The molecule has 0 fully saturated rings. The van der Waals surface area contributed by atoms with Crippen LogP contribution in [0.25, 0.3) is 0 Å². The van der Waals surface area contributed by atoms with Crippen molar-refractivity contribution in [2.24, 2.45) is 0 Å². The molecule has 0 amide bonds. The predicted octanol–water partition coefficient (Wildman–Crippen LogP) is 24.0. The number of carbonyl (C=O) groups is 3. The molecule has 0 rings (SSSR count). The molecule has 0 spiro atoms. The van der Waals surface area contributed by atoms with E-state index in [9.17, 15) is 14.4 Å². The Balaban J connectivity index is 4.32. The van der Waals surface area contributed by atoms with Gasteiger partial charge in [0.05, 0.1) is 0 Å². The van der Waals surface area contributed by atoms with Gasteiger partial charge in [-0.05, 0) is 96.3 Å². The number of allylic oxidation sites excluding steroid dienone is 16. The Hall–Kier alpha value is -3.67. The van der Waals surface area contributed by atoms with Crippen LogP contribution in [0.5, 0.6) is 0 Å². The number of hydrogen-bond acceptors (Lipinski definition) is 6. The van der Waals surface area contributed by atoms with Crippen molar-refractivity contribution in [3.8, 4) is 0 Å². The smallest absolute Gasteiger partial charge is 0.306 e. The quantitative estimate of drug-likeness (QED) is 0.0261. The first-order chi connectivity index (χ1) is 40.0. The largest absolute Gasteiger partial charge is 0.462 e. The summed E-state index contributed by atoms with van der Waals surface area (Å²) >= 11 is 0. The predicted molar refractivity (Wildman–Crippen MR) is 353 cm³/mol. The van der Waals surface area contributed by atoms with Crippen molar-refractivity contribution in [2.75, 3.05) is 13.2 Å². The van der Waals surface area contributed by atoms with Crippen molar-refractivity contribution < 1.29 is 28.6 Å². The number of hydrogen-bond donors (Lipinski definition) is 0. The van der Waals surface area contributed by atoms with Crippen molar-refractivity contribution in [2.45, 2.75) is 348 Å². The Labute approximate surface area is 502 Å². The highest BCUT2D eigenvalue weighted by molar-refractivity contribution is 5.71. The SMILES string of the molecule is CC/C=C\C/C=C\C/C=C\C/C=C\C/C=C\C/C=C\CCCCC(=O)OC(COC(=O)CCCCCCC/C=C\C/C=C\CCCC)COC(=O)CCCCCCCCCCCCCCCCCCCCCCCCCCCCCC. The van der Waals surface area contributed by atoms with Gasteiger partial charge in [-0.3, -0.25) is 14.4 Å². The Morgan fingerprint density at radius 1 is 0.259 bits per heavy atom. The molecular weight excluding hydrogens is 997 g/mol. The molecule has 0 radical (unpaired) electrons. The molecule has 0 saturated carbocycles. The standard InChI is InChI=1S/C75H130O6/c1-4-7-10-13-16-19-22-25-28-30-32-34-35-36-37-38-39-40-42-43-45-47-50-53-56-59-62-65-68-74(77)80-71-72(70-79-73(76)67-64-61-58-55-52-49-27-24-21-18-15-12-9-6-3)81-75(78)69-66-63-60-57-54-51-48-46-44-41-33-31-29-26-23-20-17-14-11-8-5-2/h8,11,15,17-18,20,24,26-27,29,33,41,46,48,54,57,72H,4-7,9-10,12-14,16,19,21-23,25,28,30-32,34-40,42-45,47,49-53,55-56,58-71H2,1-3H3/b11-8-,18-15-,20-17-,27-24-,29-26-,41-33-,48-46-,57-54-. The average molecular weight is 1130 g/mol. The van der Waals surface area contributed by atoms with Gasteiger partial charge in [-0.1, -0.05) is 323 Å². The lowest BCUT2D eigenvalue weighted by atomic mass is 10.0. The first-order valence-corrected chi connectivity index (χ1v) is 34.7. The van der Waals surface area contributed by atoms with Gasteiger partial charge in [0.25, 0.3) is 0 Å². The summed E-state index contributed by atoms with van der Waals surface area (Å²) < 4.78 is 16.9. The lowest BCUT2D eigenvalue weighted by Gasteiger charge is -2.18. The van der Waals surface area contributed by atoms with Gasteiger partial charge in [0.1, 0.15) is 13.2 Å². The fourth-order valence-electron chi connectivity index (χ4n) is 9.88. The van der Waals surface area contributed by atoms with E-state index in [1.165, 1.54) is 180 Å². The van der Waals surface area contributed by atoms with E-state index in [4.69, 9.17) is 14.2 Å². The van der Waals surface area contributed by atoms with Crippen molar-refractivity contribution in [3.05, 3.63) is 97.2 Å². The molecule has 0 aliphatic heterocycles. The number of unbranched alkanes of at least 4 members (excludes halogenated alkanes) is 36. The second-order valence-electron chi connectivity index (χ2n) is 23.1. The minimum atomic E-state index is -0.808. The fraction of sp³-hybridized carbons (Fsp3) is 0.747. The first-order valence-electron chi connectivity index (χ1n) is 34.7. The molecule has 0 aromatic rings. The summed E-state index contributed by atoms with van der Waals surface area (Å²) in [4.78, 5) is 38.4. The van der Waals surface area contributed by atoms with E-state index in [0.29, 0.717) is 19.3 Å². The number of carbonyl (C=O) groups excluding carboxylic acids is 3. The molecule has 0 aromatic carbocycles. The molecule has 1 unspecified atom stereocenters. The highest BCUT2D eigenvalue weighted by Crippen LogP contribution is 2.18. The lowest BCUT2D eigenvalue weighted by Crippen LogP contribution is -2.30. The molecule has 0 saturated heterocycles. The topological polar surface area (TPSA) is 78.9 Å². The van der Waals surface area contributed by atoms with E-state index < -0.39 is 6.10 Å². The third-order valence-corrected chi connectivity index (χ3v) is 15.1. The molecule has 0 heterocycles. The average Bonchev–Trinajstić information content (AvgIpc) is 3.47. The van der Waals surface area contributed by atoms with E-state index in [-0.39, 0.29) is 37.5 Å². The summed E-state index contributed by atoms with van der Waals surface area (Å²) in [5.74, 6) is -0.943. The molecule has 1 atom stereocenters. The first kappa shape index (κ1) is 77.3. The normalized spacial score (nSPS) is 12.7. The monoisotopic (exact) mass is 1130 g/mol. The molecule has 0 aromatic heterocycles. The van der Waals surface area contributed by atoms with Crippen LogP contribution in [0.4, 0.5) is 0 Å². The lowest BCUT2D eigenvalue weighted by molar-refractivity contribution is -0.167. The van der Waals surface area contributed by atoms with Crippen LogP contribution in [0.2, 0.25) is 0 Å². The van der Waals surface area contributed by atoms with Crippen LogP contribution >= 0.6 is 0 Å². The van der Waals surface area contributed by atoms with Crippen LogP contribution < -0.4 is 0 Å². The third-order valence-electron chi connectivity index (χ3n) is 15.1. The molecule has 0 aliphatic rings. The summed E-state index contributed by atoms with van der Waals surface area (Å²) in [7, 11) is 0. The summed E-state index contributed by atoms with van der Waals surface area (Å²) in [5.41, 5.74) is 0. The minimum absolute atomic E-state index is 0.0977. The molecule has 81 heavy (non-hydrogen) atoms. The van der Waals surface area contributed by atoms with Gasteiger partial charge >= 0.3 is 17.9 Å². The molecule has 6 heteroatoms. The number of esters is 3. The van der Waals surface area contributed by atoms with E-state index in [1.54, 1.807) is 0 Å². The molecule has 0 aliphatic carbocycles. The zero-order chi connectivity index (χ0) is 58.5. The molecule has 466 valence electrons. The Morgan fingerprint density at radius 2 is 0.494 bits per heavy atom. The van der Waals surface area contributed by atoms with Crippen LogP contribution in [0.15, 0.2) is 97.2 Å². The molecule has 0 bridgehead atoms. The molecular formula is C75H130O6. The van der Waals surface area contributed by atoms with E-state index >= 15 is 0 Å². The second-order valence-corrected chi connectivity index (χ2v) is 23.1. The van der Waals surface area contributed by atoms with Crippen molar-refractivity contribution >= 4 is 17.9 Å². The van der Waals surface area contributed by atoms with Gasteiger partial charge < -0.3 is 14.2 Å². The zero-order valence-corrected chi connectivity index (χ0v) is 53.5. The number of rotatable bonds is 63. The van der Waals surface area contributed by atoms with E-state index in [1.807, 2.05) is 0 Å². The van der Waals surface area contributed by atoms with Crippen molar-refractivity contribution in [1.82, 2.24) is 0 Å². The van der Waals surface area contributed by atoms with Gasteiger partial charge in [0.15, 0.2) is 6.10 Å². The number of ether oxygens (including phenoxy) is 3. The van der Waals surface area contributed by atoms with E-state index in [0.717, 1.165) is 116 Å². The van der Waals surface area contributed by atoms with Crippen LogP contribution in [0.1, 0.15) is 342 Å². The van der Waals surface area contributed by atoms with Gasteiger partial charge in [-0.2, -0.15) is 0 Å².